The first-order valence-corrected chi connectivity index (χ1v) is 6.09. The second kappa shape index (κ2) is 5.54. The predicted molar refractivity (Wildman–Crippen MR) is 68.9 cm³/mol. The van der Waals surface area contributed by atoms with Crippen LogP contribution in [0.3, 0.4) is 0 Å². The van der Waals surface area contributed by atoms with Gasteiger partial charge in [-0.15, -0.1) is 6.42 Å². The number of piperazine rings is 1. The molecule has 1 saturated heterocycles. The third-order valence-corrected chi connectivity index (χ3v) is 3.25. The summed E-state index contributed by atoms with van der Waals surface area (Å²) in [6.45, 7) is 3.87. The Morgan fingerprint density at radius 2 is 1.63 bits per heavy atom. The van der Waals surface area contributed by atoms with Crippen molar-refractivity contribution in [1.82, 2.24) is 4.90 Å². The molecule has 102 valence electrons. The lowest BCUT2D eigenvalue weighted by Crippen LogP contribution is -2.46. The Morgan fingerprint density at radius 3 is 2.11 bits per heavy atom. The number of benzene rings is 1. The predicted octanol–water partition coefficient (Wildman–Crippen LogP) is 2.46. The molecule has 0 radical (unpaired) electrons. The van der Waals surface area contributed by atoms with Gasteiger partial charge in [-0.3, -0.25) is 4.90 Å². The lowest BCUT2D eigenvalue weighted by molar-refractivity contribution is -0.137. The van der Waals surface area contributed by atoms with Crippen LogP contribution in [-0.2, 0) is 6.18 Å². The zero-order valence-electron chi connectivity index (χ0n) is 10.5. The quantitative estimate of drug-likeness (QED) is 0.760. The highest BCUT2D eigenvalue weighted by Crippen LogP contribution is 2.30. The summed E-state index contributed by atoms with van der Waals surface area (Å²) >= 11 is 0. The Bertz CT molecular complexity index is 451. The normalized spacial score (nSPS) is 17.3. The van der Waals surface area contributed by atoms with Gasteiger partial charge < -0.3 is 4.90 Å². The maximum Gasteiger partial charge on any atom is 0.416 e. The minimum atomic E-state index is -4.27. The van der Waals surface area contributed by atoms with E-state index in [4.69, 9.17) is 6.42 Å². The third-order valence-electron chi connectivity index (χ3n) is 3.25. The molecule has 0 saturated carbocycles. The van der Waals surface area contributed by atoms with Crippen molar-refractivity contribution in [2.24, 2.45) is 0 Å². The van der Waals surface area contributed by atoms with E-state index in [1.807, 2.05) is 0 Å². The van der Waals surface area contributed by atoms with E-state index in [0.717, 1.165) is 44.0 Å². The molecule has 1 fully saturated rings. The molecule has 0 N–H and O–H groups in total. The Morgan fingerprint density at radius 1 is 1.05 bits per heavy atom. The van der Waals surface area contributed by atoms with Crippen LogP contribution in [0.4, 0.5) is 18.9 Å². The summed E-state index contributed by atoms with van der Waals surface area (Å²) in [5, 5.41) is 0. The van der Waals surface area contributed by atoms with Crippen LogP contribution in [0.5, 0.6) is 0 Å². The zero-order valence-corrected chi connectivity index (χ0v) is 10.5. The molecule has 0 atom stereocenters. The Kier molecular flexibility index (Phi) is 4.01. The van der Waals surface area contributed by atoms with Crippen molar-refractivity contribution in [2.75, 3.05) is 37.6 Å². The van der Waals surface area contributed by atoms with Crippen molar-refractivity contribution in [1.29, 1.82) is 0 Å². The highest BCUT2D eigenvalue weighted by molar-refractivity contribution is 5.48. The Balaban J connectivity index is 1.99. The molecule has 0 amide bonds. The van der Waals surface area contributed by atoms with Crippen molar-refractivity contribution in [3.8, 4) is 12.3 Å². The summed E-state index contributed by atoms with van der Waals surface area (Å²) in [5.74, 6) is 2.60. The van der Waals surface area contributed by atoms with Gasteiger partial charge in [-0.1, -0.05) is 5.92 Å². The van der Waals surface area contributed by atoms with Crippen LogP contribution in [0.2, 0.25) is 0 Å². The first kappa shape index (κ1) is 13.8. The van der Waals surface area contributed by atoms with E-state index in [1.54, 1.807) is 0 Å². The van der Waals surface area contributed by atoms with Crippen LogP contribution < -0.4 is 4.90 Å². The van der Waals surface area contributed by atoms with Crippen LogP contribution in [0.25, 0.3) is 0 Å². The third kappa shape index (κ3) is 3.42. The minimum Gasteiger partial charge on any atom is -0.369 e. The number of terminal acetylenes is 1. The van der Waals surface area contributed by atoms with E-state index in [1.165, 1.54) is 12.1 Å². The fourth-order valence-corrected chi connectivity index (χ4v) is 2.15. The molecular formula is C14H15F3N2. The van der Waals surface area contributed by atoms with Crippen LogP contribution in [0.15, 0.2) is 24.3 Å². The molecule has 0 bridgehead atoms. The van der Waals surface area contributed by atoms with Gasteiger partial charge >= 0.3 is 6.18 Å². The molecule has 2 rings (SSSR count). The lowest BCUT2D eigenvalue weighted by atomic mass is 10.1. The summed E-state index contributed by atoms with van der Waals surface area (Å²) in [7, 11) is 0. The number of hydrogen-bond donors (Lipinski definition) is 0. The van der Waals surface area contributed by atoms with E-state index in [2.05, 4.69) is 15.7 Å². The fraction of sp³-hybridized carbons (Fsp3) is 0.429. The second-order valence-electron chi connectivity index (χ2n) is 4.51. The molecule has 0 aromatic heterocycles. The van der Waals surface area contributed by atoms with Gasteiger partial charge in [-0.05, 0) is 24.3 Å². The van der Waals surface area contributed by atoms with E-state index < -0.39 is 11.7 Å². The molecule has 5 heteroatoms. The van der Waals surface area contributed by atoms with E-state index >= 15 is 0 Å². The summed E-state index contributed by atoms with van der Waals surface area (Å²) in [6.07, 6.45) is 0.977. The maximum atomic E-state index is 12.5. The van der Waals surface area contributed by atoms with Crippen molar-refractivity contribution in [3.05, 3.63) is 29.8 Å². The Labute approximate surface area is 110 Å². The number of hydrogen-bond acceptors (Lipinski definition) is 2. The largest absolute Gasteiger partial charge is 0.416 e. The molecule has 0 aliphatic carbocycles. The summed E-state index contributed by atoms with van der Waals surface area (Å²) < 4.78 is 37.4. The molecule has 1 aliphatic heterocycles. The summed E-state index contributed by atoms with van der Waals surface area (Å²) in [5.41, 5.74) is 0.218. The van der Waals surface area contributed by atoms with Gasteiger partial charge in [0.25, 0.3) is 0 Å². The zero-order chi connectivity index (χ0) is 13.9. The van der Waals surface area contributed by atoms with Crippen molar-refractivity contribution in [3.63, 3.8) is 0 Å². The van der Waals surface area contributed by atoms with Crippen molar-refractivity contribution < 1.29 is 13.2 Å². The van der Waals surface area contributed by atoms with Gasteiger partial charge in [0.1, 0.15) is 0 Å². The fourth-order valence-electron chi connectivity index (χ4n) is 2.15. The molecule has 2 nitrogen and oxygen atoms in total. The molecule has 19 heavy (non-hydrogen) atoms. The van der Waals surface area contributed by atoms with Crippen LogP contribution in [0.1, 0.15) is 5.56 Å². The molecule has 0 spiro atoms. The topological polar surface area (TPSA) is 6.48 Å². The Hall–Kier alpha value is -1.67. The van der Waals surface area contributed by atoms with Crippen LogP contribution in [-0.4, -0.2) is 37.6 Å². The molecule has 1 heterocycles. The first-order chi connectivity index (χ1) is 9.00. The summed E-state index contributed by atoms with van der Waals surface area (Å²) in [4.78, 5) is 4.23. The average Bonchev–Trinajstić information content (AvgIpc) is 2.39. The number of rotatable bonds is 2. The molecular weight excluding hydrogens is 253 g/mol. The van der Waals surface area contributed by atoms with Gasteiger partial charge in [0.2, 0.25) is 0 Å². The number of alkyl halides is 3. The molecule has 1 aromatic carbocycles. The standard InChI is InChI=1S/C14H15F3N2/c1-2-7-18-8-10-19(11-9-18)13-5-3-12(4-6-13)14(15,16)17/h1,3-6H,7-11H2. The van der Waals surface area contributed by atoms with Gasteiger partial charge in [0.15, 0.2) is 0 Å². The van der Waals surface area contributed by atoms with Gasteiger partial charge in [0.05, 0.1) is 12.1 Å². The second-order valence-corrected chi connectivity index (χ2v) is 4.51. The van der Waals surface area contributed by atoms with E-state index in [-0.39, 0.29) is 0 Å². The van der Waals surface area contributed by atoms with E-state index in [0.29, 0.717) is 6.54 Å². The molecule has 1 aromatic rings. The summed E-state index contributed by atoms with van der Waals surface area (Å²) in [6, 6.07) is 5.31. The highest BCUT2D eigenvalue weighted by atomic mass is 19.4. The van der Waals surface area contributed by atoms with Gasteiger partial charge in [-0.25, -0.2) is 0 Å². The van der Waals surface area contributed by atoms with Gasteiger partial charge in [0, 0.05) is 31.9 Å². The van der Waals surface area contributed by atoms with Crippen LogP contribution >= 0.6 is 0 Å². The van der Waals surface area contributed by atoms with Crippen LogP contribution in [0, 0.1) is 12.3 Å². The average molecular weight is 268 g/mol. The highest BCUT2D eigenvalue weighted by Gasteiger charge is 2.30. The van der Waals surface area contributed by atoms with Crippen molar-refractivity contribution >= 4 is 5.69 Å². The monoisotopic (exact) mass is 268 g/mol. The minimum absolute atomic E-state index is 0.609. The molecule has 0 unspecified atom stereocenters. The van der Waals surface area contributed by atoms with Crippen molar-refractivity contribution in [2.45, 2.75) is 6.18 Å². The van der Waals surface area contributed by atoms with E-state index in [9.17, 15) is 13.2 Å². The smallest absolute Gasteiger partial charge is 0.369 e. The number of anilines is 1. The number of halogens is 3. The lowest BCUT2D eigenvalue weighted by Gasteiger charge is -2.35. The maximum absolute atomic E-state index is 12.5. The number of nitrogens with zero attached hydrogens (tertiary/aromatic N) is 2. The van der Waals surface area contributed by atoms with Gasteiger partial charge in [-0.2, -0.15) is 13.2 Å². The first-order valence-electron chi connectivity index (χ1n) is 6.09. The molecule has 1 aliphatic rings. The SMILES string of the molecule is C#CCN1CCN(c2ccc(C(F)(F)F)cc2)CC1.